The highest BCUT2D eigenvalue weighted by molar-refractivity contribution is 5.77. The van der Waals surface area contributed by atoms with Crippen molar-refractivity contribution in [1.82, 2.24) is 15.5 Å². The summed E-state index contributed by atoms with van der Waals surface area (Å²) in [4.78, 5) is 17.0. The van der Waals surface area contributed by atoms with Gasteiger partial charge in [0.25, 0.3) is 0 Å². The molecule has 0 fully saturated rings. The number of rotatable bonds is 6. The van der Waals surface area contributed by atoms with Crippen molar-refractivity contribution in [1.29, 1.82) is 0 Å². The second kappa shape index (κ2) is 8.16. The third-order valence-corrected chi connectivity index (χ3v) is 4.08. The van der Waals surface area contributed by atoms with E-state index in [0.29, 0.717) is 24.6 Å². The fourth-order valence-electron chi connectivity index (χ4n) is 2.86. The van der Waals surface area contributed by atoms with Crippen molar-refractivity contribution in [3.8, 4) is 11.4 Å². The molecule has 5 heteroatoms. The number of aromatic nitrogens is 2. The van der Waals surface area contributed by atoms with E-state index in [1.807, 2.05) is 81.4 Å². The molecule has 0 saturated carbocycles. The van der Waals surface area contributed by atoms with Crippen LogP contribution in [-0.4, -0.2) is 16.0 Å². The molecule has 0 aliphatic heterocycles. The highest BCUT2D eigenvalue weighted by Gasteiger charge is 2.24. The van der Waals surface area contributed by atoms with Crippen molar-refractivity contribution in [3.63, 3.8) is 0 Å². The minimum atomic E-state index is -0.368. The first-order chi connectivity index (χ1) is 12.9. The standard InChI is InChI=1S/C22H25N3O2/c1-22(2,3)15-19(26)23-18(14-16-10-6-4-7-11-16)21-24-20(25-27-21)17-12-8-5-9-13-17/h4-13,18H,14-15H2,1-3H3,(H,23,26)/t18-/m0/s1. The van der Waals surface area contributed by atoms with Gasteiger partial charge < -0.3 is 9.84 Å². The lowest BCUT2D eigenvalue weighted by Crippen LogP contribution is -2.32. The highest BCUT2D eigenvalue weighted by Crippen LogP contribution is 2.23. The van der Waals surface area contributed by atoms with Crippen molar-refractivity contribution in [2.24, 2.45) is 5.41 Å². The largest absolute Gasteiger partial charge is 0.344 e. The van der Waals surface area contributed by atoms with Crippen LogP contribution < -0.4 is 5.32 Å². The Morgan fingerprint density at radius 3 is 2.30 bits per heavy atom. The molecule has 27 heavy (non-hydrogen) atoms. The third-order valence-electron chi connectivity index (χ3n) is 4.08. The van der Waals surface area contributed by atoms with Crippen LogP contribution in [0.4, 0.5) is 0 Å². The molecule has 5 nitrogen and oxygen atoms in total. The van der Waals surface area contributed by atoms with Crippen LogP contribution >= 0.6 is 0 Å². The molecule has 0 radical (unpaired) electrons. The molecule has 0 aliphatic rings. The summed E-state index contributed by atoms with van der Waals surface area (Å²) in [5, 5.41) is 7.16. The first kappa shape index (κ1) is 18.8. The van der Waals surface area contributed by atoms with Gasteiger partial charge in [-0.2, -0.15) is 4.98 Å². The quantitative estimate of drug-likeness (QED) is 0.696. The van der Waals surface area contributed by atoms with Crippen molar-refractivity contribution >= 4 is 5.91 Å². The van der Waals surface area contributed by atoms with Crippen LogP contribution in [0.25, 0.3) is 11.4 Å². The number of nitrogens with one attached hydrogen (secondary N) is 1. The van der Waals surface area contributed by atoms with Crippen LogP contribution in [0, 0.1) is 5.41 Å². The maximum absolute atomic E-state index is 12.5. The SMILES string of the molecule is CC(C)(C)CC(=O)N[C@@H](Cc1ccccc1)c1nc(-c2ccccc2)no1. The summed E-state index contributed by atoms with van der Waals surface area (Å²) < 4.78 is 5.51. The van der Waals surface area contributed by atoms with E-state index in [-0.39, 0.29) is 17.4 Å². The van der Waals surface area contributed by atoms with Gasteiger partial charge >= 0.3 is 0 Å². The van der Waals surface area contributed by atoms with Gasteiger partial charge in [-0.1, -0.05) is 86.6 Å². The Labute approximate surface area is 159 Å². The highest BCUT2D eigenvalue weighted by atomic mass is 16.5. The maximum atomic E-state index is 12.5. The molecule has 1 atom stereocenters. The Bertz CT molecular complexity index is 867. The normalized spacial score (nSPS) is 12.6. The Hall–Kier alpha value is -2.95. The van der Waals surface area contributed by atoms with Crippen LogP contribution in [-0.2, 0) is 11.2 Å². The van der Waals surface area contributed by atoms with Crippen molar-refractivity contribution in [3.05, 3.63) is 72.1 Å². The van der Waals surface area contributed by atoms with E-state index >= 15 is 0 Å². The van der Waals surface area contributed by atoms with E-state index in [0.717, 1.165) is 11.1 Å². The summed E-state index contributed by atoms with van der Waals surface area (Å²) in [6, 6.07) is 19.3. The van der Waals surface area contributed by atoms with E-state index < -0.39 is 0 Å². The molecule has 3 rings (SSSR count). The van der Waals surface area contributed by atoms with Crippen molar-refractivity contribution in [2.45, 2.75) is 39.7 Å². The van der Waals surface area contributed by atoms with Crippen LogP contribution in [0.3, 0.4) is 0 Å². The summed E-state index contributed by atoms with van der Waals surface area (Å²) in [7, 11) is 0. The maximum Gasteiger partial charge on any atom is 0.249 e. The Morgan fingerprint density at radius 2 is 1.67 bits per heavy atom. The Morgan fingerprint density at radius 1 is 1.04 bits per heavy atom. The zero-order chi connectivity index (χ0) is 19.3. The summed E-state index contributed by atoms with van der Waals surface area (Å²) >= 11 is 0. The summed E-state index contributed by atoms with van der Waals surface area (Å²) in [5.41, 5.74) is 1.89. The predicted molar refractivity (Wildman–Crippen MR) is 105 cm³/mol. The Balaban J connectivity index is 1.83. The molecule has 2 aromatic carbocycles. The Kier molecular flexibility index (Phi) is 5.69. The number of carbonyl (C=O) groups is 1. The lowest BCUT2D eigenvalue weighted by Gasteiger charge is -2.20. The average molecular weight is 363 g/mol. The second-order valence-corrected chi connectivity index (χ2v) is 7.87. The second-order valence-electron chi connectivity index (χ2n) is 7.87. The molecular formula is C22H25N3O2. The first-order valence-corrected chi connectivity index (χ1v) is 9.13. The molecule has 0 aliphatic carbocycles. The minimum Gasteiger partial charge on any atom is -0.344 e. The number of hydrogen-bond acceptors (Lipinski definition) is 4. The topological polar surface area (TPSA) is 68.0 Å². The molecule has 1 amide bonds. The van der Waals surface area contributed by atoms with Gasteiger partial charge in [0.05, 0.1) is 0 Å². The van der Waals surface area contributed by atoms with Gasteiger partial charge in [0, 0.05) is 18.4 Å². The molecule has 0 spiro atoms. The summed E-state index contributed by atoms with van der Waals surface area (Å²) in [6.45, 7) is 6.12. The molecule has 0 bridgehead atoms. The monoisotopic (exact) mass is 363 g/mol. The number of amides is 1. The van der Waals surface area contributed by atoms with Gasteiger partial charge in [-0.05, 0) is 11.0 Å². The lowest BCUT2D eigenvalue weighted by atomic mass is 9.91. The van der Waals surface area contributed by atoms with Crippen molar-refractivity contribution < 1.29 is 9.32 Å². The molecule has 1 N–H and O–H groups in total. The van der Waals surface area contributed by atoms with Gasteiger partial charge in [-0.25, -0.2) is 0 Å². The van der Waals surface area contributed by atoms with Gasteiger partial charge in [0.2, 0.25) is 17.6 Å². The molecule has 1 aromatic heterocycles. The fourth-order valence-corrected chi connectivity index (χ4v) is 2.86. The fraction of sp³-hybridized carbons (Fsp3) is 0.318. The predicted octanol–water partition coefficient (Wildman–Crippen LogP) is 4.57. The zero-order valence-electron chi connectivity index (χ0n) is 16.0. The van der Waals surface area contributed by atoms with Gasteiger partial charge in [0.1, 0.15) is 6.04 Å². The molecule has 3 aromatic rings. The van der Waals surface area contributed by atoms with Crippen LogP contribution in [0.2, 0.25) is 0 Å². The van der Waals surface area contributed by atoms with Crippen LogP contribution in [0.1, 0.15) is 44.7 Å². The minimum absolute atomic E-state index is 0.0251. The summed E-state index contributed by atoms with van der Waals surface area (Å²) in [5.74, 6) is 0.914. The average Bonchev–Trinajstić information content (AvgIpc) is 3.11. The number of benzene rings is 2. The van der Waals surface area contributed by atoms with Crippen LogP contribution in [0.5, 0.6) is 0 Å². The van der Waals surface area contributed by atoms with Gasteiger partial charge in [0.15, 0.2) is 0 Å². The lowest BCUT2D eigenvalue weighted by molar-refractivity contribution is -0.123. The smallest absolute Gasteiger partial charge is 0.249 e. The van der Waals surface area contributed by atoms with Crippen molar-refractivity contribution in [2.75, 3.05) is 0 Å². The van der Waals surface area contributed by atoms with E-state index in [9.17, 15) is 4.79 Å². The molecule has 1 heterocycles. The van der Waals surface area contributed by atoms with E-state index in [1.54, 1.807) is 0 Å². The molecule has 140 valence electrons. The number of nitrogens with zero attached hydrogens (tertiary/aromatic N) is 2. The summed E-state index contributed by atoms with van der Waals surface area (Å²) in [6.07, 6.45) is 1.02. The van der Waals surface area contributed by atoms with Crippen LogP contribution in [0.15, 0.2) is 65.2 Å². The number of carbonyl (C=O) groups excluding carboxylic acids is 1. The van der Waals surface area contributed by atoms with E-state index in [4.69, 9.17) is 4.52 Å². The van der Waals surface area contributed by atoms with E-state index in [1.165, 1.54) is 0 Å². The van der Waals surface area contributed by atoms with Gasteiger partial charge in [-0.3, -0.25) is 4.79 Å². The molecule has 0 unspecified atom stereocenters. The number of hydrogen-bond donors (Lipinski definition) is 1. The van der Waals surface area contributed by atoms with E-state index in [2.05, 4.69) is 15.5 Å². The van der Waals surface area contributed by atoms with Gasteiger partial charge in [-0.15, -0.1) is 0 Å². The molecule has 0 saturated heterocycles. The zero-order valence-corrected chi connectivity index (χ0v) is 16.0. The first-order valence-electron chi connectivity index (χ1n) is 9.13. The molecular weight excluding hydrogens is 338 g/mol. The third kappa shape index (κ3) is 5.51.